The van der Waals surface area contributed by atoms with Crippen LogP contribution < -0.4 is 0 Å². The third kappa shape index (κ3) is 2.10. The molecule has 1 aliphatic carbocycles. The van der Waals surface area contributed by atoms with Crippen LogP contribution in [0.4, 0.5) is 5.82 Å². The molecule has 0 aliphatic heterocycles. The standard InChI is InChI=1S/C9H12BrN3O3/c10-6-5-12(11-9(6)13(15)16)7-3-1-2-4-8(7)14/h5,7-8,14H,1-4H2/t7-,8-/m1/s1. The van der Waals surface area contributed by atoms with Crippen LogP contribution in [0.3, 0.4) is 0 Å². The van der Waals surface area contributed by atoms with Crippen LogP contribution in [0.25, 0.3) is 0 Å². The first-order valence-corrected chi connectivity index (χ1v) is 5.96. The van der Waals surface area contributed by atoms with Gasteiger partial charge in [0.1, 0.15) is 4.47 Å². The topological polar surface area (TPSA) is 81.2 Å². The molecule has 7 heteroatoms. The van der Waals surface area contributed by atoms with E-state index < -0.39 is 11.0 Å². The minimum atomic E-state index is -0.532. The maximum absolute atomic E-state index is 10.6. The molecule has 6 nitrogen and oxygen atoms in total. The molecule has 16 heavy (non-hydrogen) atoms. The summed E-state index contributed by atoms with van der Waals surface area (Å²) in [6, 6.07) is -0.140. The molecule has 0 bridgehead atoms. The summed E-state index contributed by atoms with van der Waals surface area (Å²) < 4.78 is 1.86. The maximum atomic E-state index is 10.6. The van der Waals surface area contributed by atoms with E-state index in [2.05, 4.69) is 21.0 Å². The van der Waals surface area contributed by atoms with Gasteiger partial charge in [0, 0.05) is 0 Å². The molecule has 1 aromatic rings. The molecule has 0 amide bonds. The summed E-state index contributed by atoms with van der Waals surface area (Å²) in [7, 11) is 0. The highest BCUT2D eigenvalue weighted by molar-refractivity contribution is 9.10. The van der Waals surface area contributed by atoms with Gasteiger partial charge in [-0.2, -0.15) is 4.68 Å². The molecular formula is C9H12BrN3O3. The second-order valence-corrected chi connectivity index (χ2v) is 4.81. The van der Waals surface area contributed by atoms with E-state index in [4.69, 9.17) is 0 Å². The van der Waals surface area contributed by atoms with E-state index in [0.29, 0.717) is 4.47 Å². The lowest BCUT2D eigenvalue weighted by Gasteiger charge is -2.25. The molecule has 88 valence electrons. The van der Waals surface area contributed by atoms with Crippen LogP contribution in [-0.2, 0) is 0 Å². The first-order valence-electron chi connectivity index (χ1n) is 5.16. The van der Waals surface area contributed by atoms with E-state index >= 15 is 0 Å². The zero-order valence-corrected chi connectivity index (χ0v) is 10.1. The van der Waals surface area contributed by atoms with E-state index in [9.17, 15) is 15.2 Å². The van der Waals surface area contributed by atoms with Gasteiger partial charge in [-0.25, -0.2) is 0 Å². The Morgan fingerprint density at radius 1 is 1.56 bits per heavy atom. The quantitative estimate of drug-likeness (QED) is 0.667. The summed E-state index contributed by atoms with van der Waals surface area (Å²) in [5.41, 5.74) is 0. The molecule has 0 unspecified atom stereocenters. The largest absolute Gasteiger partial charge is 0.404 e. The van der Waals surface area contributed by atoms with Crippen LogP contribution in [0.1, 0.15) is 31.7 Å². The van der Waals surface area contributed by atoms with Crippen molar-refractivity contribution in [3.8, 4) is 0 Å². The van der Waals surface area contributed by atoms with Gasteiger partial charge in [-0.05, 0) is 33.7 Å². The van der Waals surface area contributed by atoms with Gasteiger partial charge in [0.25, 0.3) is 0 Å². The van der Waals surface area contributed by atoms with Crippen molar-refractivity contribution >= 4 is 21.7 Å². The van der Waals surface area contributed by atoms with Crippen molar-refractivity contribution in [1.82, 2.24) is 9.78 Å². The molecule has 0 radical (unpaired) electrons. The Kier molecular flexibility index (Phi) is 3.25. The lowest BCUT2D eigenvalue weighted by atomic mass is 9.93. The number of rotatable bonds is 2. The molecule has 0 aromatic carbocycles. The lowest BCUT2D eigenvalue weighted by molar-refractivity contribution is -0.390. The fourth-order valence-electron chi connectivity index (χ4n) is 2.05. The summed E-state index contributed by atoms with van der Waals surface area (Å²) in [5, 5.41) is 24.3. The second kappa shape index (κ2) is 4.50. The number of aliphatic hydroxyl groups is 1. The zero-order valence-electron chi connectivity index (χ0n) is 8.54. The molecular weight excluding hydrogens is 278 g/mol. The molecule has 1 saturated carbocycles. The van der Waals surface area contributed by atoms with E-state index in [1.54, 1.807) is 6.20 Å². The molecule has 1 aromatic heterocycles. The Morgan fingerprint density at radius 2 is 2.25 bits per heavy atom. The number of hydrogen-bond donors (Lipinski definition) is 1. The van der Waals surface area contributed by atoms with Crippen LogP contribution in [0.15, 0.2) is 10.7 Å². The number of aromatic nitrogens is 2. The highest BCUT2D eigenvalue weighted by Crippen LogP contribution is 2.31. The molecule has 0 saturated heterocycles. The van der Waals surface area contributed by atoms with Gasteiger partial charge in [-0.3, -0.25) is 0 Å². The van der Waals surface area contributed by atoms with Crippen LogP contribution in [-0.4, -0.2) is 25.9 Å². The Hall–Kier alpha value is -0.950. The summed E-state index contributed by atoms with van der Waals surface area (Å²) >= 11 is 3.10. The highest BCUT2D eigenvalue weighted by Gasteiger charge is 2.30. The number of aliphatic hydroxyl groups excluding tert-OH is 1. The van der Waals surface area contributed by atoms with Crippen LogP contribution in [0.5, 0.6) is 0 Å². The number of halogens is 1. The first kappa shape index (κ1) is 11.5. The van der Waals surface area contributed by atoms with Gasteiger partial charge in [0.05, 0.1) is 23.4 Å². The summed E-state index contributed by atoms with van der Waals surface area (Å²) in [6.45, 7) is 0. The summed E-state index contributed by atoms with van der Waals surface area (Å²) in [6.07, 6.45) is 4.68. The SMILES string of the molecule is O=[N+]([O-])c1nn([C@@H]2CCCC[C@H]2O)cc1Br. The van der Waals surface area contributed by atoms with Gasteiger partial charge in [0.15, 0.2) is 0 Å². The monoisotopic (exact) mass is 289 g/mol. The third-order valence-electron chi connectivity index (χ3n) is 2.88. The predicted molar refractivity (Wildman–Crippen MR) is 60.1 cm³/mol. The van der Waals surface area contributed by atoms with E-state index in [1.165, 1.54) is 4.68 Å². The maximum Gasteiger partial charge on any atom is 0.404 e. The first-order chi connectivity index (χ1) is 7.59. The number of hydrogen-bond acceptors (Lipinski definition) is 4. The normalized spacial score (nSPS) is 25.6. The molecule has 1 heterocycles. The van der Waals surface area contributed by atoms with Gasteiger partial charge in [-0.1, -0.05) is 12.8 Å². The molecule has 1 fully saturated rings. The molecule has 2 rings (SSSR count). The van der Waals surface area contributed by atoms with Gasteiger partial charge in [-0.15, -0.1) is 0 Å². The van der Waals surface area contributed by atoms with Crippen molar-refractivity contribution < 1.29 is 10.0 Å². The van der Waals surface area contributed by atoms with Crippen LogP contribution in [0, 0.1) is 10.1 Å². The minimum absolute atomic E-state index is 0.140. The summed E-state index contributed by atoms with van der Waals surface area (Å²) in [4.78, 5) is 10.1. The molecule has 1 N–H and O–H groups in total. The molecule has 2 atom stereocenters. The Labute approximate surface area is 101 Å². The van der Waals surface area contributed by atoms with Crippen molar-refractivity contribution in [2.24, 2.45) is 0 Å². The Morgan fingerprint density at radius 3 is 2.81 bits per heavy atom. The Bertz CT molecular complexity index is 407. The smallest absolute Gasteiger partial charge is 0.391 e. The van der Waals surface area contributed by atoms with Gasteiger partial charge < -0.3 is 15.2 Å². The Balaban J connectivity index is 2.26. The van der Waals surface area contributed by atoms with Crippen molar-refractivity contribution in [2.75, 3.05) is 0 Å². The van der Waals surface area contributed by atoms with Crippen LogP contribution >= 0.6 is 15.9 Å². The average molecular weight is 290 g/mol. The van der Waals surface area contributed by atoms with Gasteiger partial charge in [0.2, 0.25) is 0 Å². The fourth-order valence-corrected chi connectivity index (χ4v) is 2.49. The predicted octanol–water partition coefficient (Wildman–Crippen LogP) is 2.03. The summed E-state index contributed by atoms with van der Waals surface area (Å²) in [5.74, 6) is -0.197. The van der Waals surface area contributed by atoms with Gasteiger partial charge >= 0.3 is 5.82 Å². The second-order valence-electron chi connectivity index (χ2n) is 3.96. The van der Waals surface area contributed by atoms with Crippen molar-refractivity contribution in [3.63, 3.8) is 0 Å². The van der Waals surface area contributed by atoms with Crippen LogP contribution in [0.2, 0.25) is 0 Å². The average Bonchev–Trinajstić information content (AvgIpc) is 2.61. The lowest BCUT2D eigenvalue weighted by Crippen LogP contribution is -2.27. The number of nitrogens with zero attached hydrogens (tertiary/aromatic N) is 3. The number of nitro groups is 1. The third-order valence-corrected chi connectivity index (χ3v) is 3.44. The van der Waals surface area contributed by atoms with E-state index in [-0.39, 0.29) is 11.9 Å². The van der Waals surface area contributed by atoms with E-state index in [0.717, 1.165) is 25.7 Å². The molecule has 0 spiro atoms. The highest BCUT2D eigenvalue weighted by atomic mass is 79.9. The fraction of sp³-hybridized carbons (Fsp3) is 0.667. The molecule has 1 aliphatic rings. The minimum Gasteiger partial charge on any atom is -0.391 e. The zero-order chi connectivity index (χ0) is 11.7. The van der Waals surface area contributed by atoms with E-state index in [1.807, 2.05) is 0 Å². The van der Waals surface area contributed by atoms with Crippen molar-refractivity contribution in [3.05, 3.63) is 20.8 Å². The van der Waals surface area contributed by atoms with Crippen molar-refractivity contribution in [2.45, 2.75) is 37.8 Å². The van der Waals surface area contributed by atoms with Crippen molar-refractivity contribution in [1.29, 1.82) is 0 Å².